The van der Waals surface area contributed by atoms with Crippen LogP contribution in [0.2, 0.25) is 0 Å². The van der Waals surface area contributed by atoms with Crippen molar-refractivity contribution in [2.75, 3.05) is 20.4 Å². The highest BCUT2D eigenvalue weighted by atomic mass is 32.2. The number of carbonyl (C=O) groups excluding carboxylic acids is 1. The summed E-state index contributed by atoms with van der Waals surface area (Å²) in [6.07, 6.45) is 9.90. The summed E-state index contributed by atoms with van der Waals surface area (Å²) in [6.45, 7) is 0. The van der Waals surface area contributed by atoms with Gasteiger partial charge in [-0.1, -0.05) is 30.0 Å². The summed E-state index contributed by atoms with van der Waals surface area (Å²) in [5, 5.41) is 0.859. The Labute approximate surface area is 165 Å². The fourth-order valence-corrected chi connectivity index (χ4v) is 6.34. The van der Waals surface area contributed by atoms with E-state index in [1.165, 1.54) is 29.5 Å². The van der Waals surface area contributed by atoms with Crippen LogP contribution in [0.1, 0.15) is 61.1 Å². The molecule has 0 radical (unpaired) electrons. The Morgan fingerprint density at radius 3 is 2.56 bits per heavy atom. The molecule has 3 aliphatic carbocycles. The van der Waals surface area contributed by atoms with E-state index >= 15 is 0 Å². The molecule has 2 fully saturated rings. The molecule has 1 aromatic carbocycles. The average molecular weight is 385 g/mol. The van der Waals surface area contributed by atoms with Gasteiger partial charge in [-0.3, -0.25) is 9.69 Å². The summed E-state index contributed by atoms with van der Waals surface area (Å²) in [5.74, 6) is 0.862. The second-order valence-electron chi connectivity index (χ2n) is 8.76. The number of rotatable bonds is 2. The SMILES string of the molecule is COC1CCC2(CC1)Cc1ccc(C3CC3)cc1C21N=C(SC)N(C)C1=O. The lowest BCUT2D eigenvalue weighted by Gasteiger charge is -2.45. The third-order valence-electron chi connectivity index (χ3n) is 7.44. The zero-order chi connectivity index (χ0) is 18.8. The maximum Gasteiger partial charge on any atom is 0.261 e. The molecule has 0 aromatic heterocycles. The molecule has 2 spiro atoms. The molecule has 4 aliphatic rings. The molecule has 27 heavy (non-hydrogen) atoms. The van der Waals surface area contributed by atoms with Crippen molar-refractivity contribution in [3.63, 3.8) is 0 Å². The lowest BCUT2D eigenvalue weighted by molar-refractivity contribution is -0.137. The highest BCUT2D eigenvalue weighted by molar-refractivity contribution is 8.13. The number of hydrogen-bond donors (Lipinski definition) is 0. The minimum atomic E-state index is -0.723. The van der Waals surface area contributed by atoms with Crippen molar-refractivity contribution in [3.05, 3.63) is 34.9 Å². The van der Waals surface area contributed by atoms with Gasteiger partial charge in [-0.25, -0.2) is 4.99 Å². The van der Waals surface area contributed by atoms with Gasteiger partial charge in [0.15, 0.2) is 10.7 Å². The molecule has 144 valence electrons. The van der Waals surface area contributed by atoms with Gasteiger partial charge in [0.25, 0.3) is 5.91 Å². The number of fused-ring (bicyclic) bond motifs is 3. The number of aliphatic imine (C=N–C) groups is 1. The monoisotopic (exact) mass is 384 g/mol. The van der Waals surface area contributed by atoms with Gasteiger partial charge in [-0.05, 0) is 73.8 Å². The second-order valence-corrected chi connectivity index (χ2v) is 9.53. The Morgan fingerprint density at radius 1 is 1.22 bits per heavy atom. The molecule has 1 aliphatic heterocycles. The van der Waals surface area contributed by atoms with E-state index in [0.29, 0.717) is 12.0 Å². The fraction of sp³-hybridized carbons (Fsp3) is 0.636. The summed E-state index contributed by atoms with van der Waals surface area (Å²) >= 11 is 1.59. The molecule has 1 atom stereocenters. The van der Waals surface area contributed by atoms with Crippen LogP contribution in [0.5, 0.6) is 0 Å². The maximum absolute atomic E-state index is 13.7. The van der Waals surface area contributed by atoms with E-state index in [0.717, 1.165) is 37.3 Å². The zero-order valence-corrected chi connectivity index (χ0v) is 17.3. The molecule has 0 saturated heterocycles. The van der Waals surface area contributed by atoms with E-state index in [2.05, 4.69) is 18.2 Å². The Balaban J connectivity index is 1.67. The largest absolute Gasteiger partial charge is 0.381 e. The topological polar surface area (TPSA) is 41.9 Å². The van der Waals surface area contributed by atoms with Crippen LogP contribution in [-0.4, -0.2) is 42.5 Å². The van der Waals surface area contributed by atoms with Crippen LogP contribution < -0.4 is 0 Å². The minimum Gasteiger partial charge on any atom is -0.381 e. The molecular weight excluding hydrogens is 356 g/mol. The first-order chi connectivity index (χ1) is 13.0. The highest BCUT2D eigenvalue weighted by Crippen LogP contribution is 2.62. The van der Waals surface area contributed by atoms with Crippen molar-refractivity contribution >= 4 is 22.8 Å². The van der Waals surface area contributed by atoms with Gasteiger partial charge in [-0.15, -0.1) is 0 Å². The summed E-state index contributed by atoms with van der Waals surface area (Å²) in [7, 11) is 3.70. The van der Waals surface area contributed by atoms with Crippen molar-refractivity contribution in [2.24, 2.45) is 10.4 Å². The van der Waals surface area contributed by atoms with Crippen molar-refractivity contribution in [2.45, 2.75) is 62.5 Å². The molecule has 2 saturated carbocycles. The molecule has 5 heteroatoms. The maximum atomic E-state index is 13.7. The average Bonchev–Trinajstić information content (AvgIpc) is 3.47. The molecule has 4 nitrogen and oxygen atoms in total. The summed E-state index contributed by atoms with van der Waals surface area (Å²) in [5.41, 5.74) is 3.11. The van der Waals surface area contributed by atoms with Gasteiger partial charge in [0.1, 0.15) is 0 Å². The number of carbonyl (C=O) groups is 1. The Morgan fingerprint density at radius 2 is 1.96 bits per heavy atom. The lowest BCUT2D eigenvalue weighted by Crippen LogP contribution is -2.51. The third kappa shape index (κ3) is 2.34. The van der Waals surface area contributed by atoms with E-state index in [1.807, 2.05) is 20.4 Å². The van der Waals surface area contributed by atoms with Crippen molar-refractivity contribution in [1.29, 1.82) is 0 Å². The van der Waals surface area contributed by atoms with Gasteiger partial charge in [0.2, 0.25) is 0 Å². The fourth-order valence-electron chi connectivity index (χ4n) is 5.75. The minimum absolute atomic E-state index is 0.102. The van der Waals surface area contributed by atoms with E-state index in [4.69, 9.17) is 9.73 Å². The molecule has 1 aromatic rings. The van der Waals surface area contributed by atoms with E-state index < -0.39 is 5.54 Å². The van der Waals surface area contributed by atoms with Crippen molar-refractivity contribution < 1.29 is 9.53 Å². The standard InChI is InChI=1S/C22H28N2O2S/c1-24-19(25)22(23-20(24)27-3)18-12-15(14-4-5-14)6-7-16(18)13-21(22)10-8-17(26-2)9-11-21/h6-7,12,14,17H,4-5,8-11,13H2,1-3H3. The van der Waals surface area contributed by atoms with Gasteiger partial charge in [0, 0.05) is 19.6 Å². The van der Waals surface area contributed by atoms with Crippen LogP contribution in [0.3, 0.4) is 0 Å². The molecule has 5 rings (SSSR count). The number of benzene rings is 1. The zero-order valence-electron chi connectivity index (χ0n) is 16.5. The number of hydrogen-bond acceptors (Lipinski definition) is 4. The predicted molar refractivity (Wildman–Crippen MR) is 109 cm³/mol. The highest BCUT2D eigenvalue weighted by Gasteiger charge is 2.66. The Hall–Kier alpha value is -1.33. The van der Waals surface area contributed by atoms with Crippen LogP contribution in [0.15, 0.2) is 23.2 Å². The quantitative estimate of drug-likeness (QED) is 0.771. The van der Waals surface area contributed by atoms with Crippen LogP contribution in [0.25, 0.3) is 0 Å². The summed E-state index contributed by atoms with van der Waals surface area (Å²) < 4.78 is 5.64. The predicted octanol–water partition coefficient (Wildman–Crippen LogP) is 4.08. The smallest absolute Gasteiger partial charge is 0.261 e. The van der Waals surface area contributed by atoms with E-state index in [-0.39, 0.29) is 11.3 Å². The third-order valence-corrected chi connectivity index (χ3v) is 8.17. The van der Waals surface area contributed by atoms with Crippen molar-refractivity contribution in [1.82, 2.24) is 4.90 Å². The number of thioether (sulfide) groups is 1. The number of methoxy groups -OCH3 is 1. The molecular formula is C22H28N2O2S. The first-order valence-corrected chi connectivity index (χ1v) is 11.4. The molecule has 1 amide bonds. The first kappa shape index (κ1) is 17.7. The number of nitrogens with zero attached hydrogens (tertiary/aromatic N) is 2. The van der Waals surface area contributed by atoms with Crippen LogP contribution >= 0.6 is 11.8 Å². The number of likely N-dealkylation sites (N-methyl/N-ethyl adjacent to an activating group) is 1. The first-order valence-electron chi connectivity index (χ1n) is 10.1. The Bertz CT molecular complexity index is 824. The van der Waals surface area contributed by atoms with Gasteiger partial charge in [-0.2, -0.15) is 0 Å². The van der Waals surface area contributed by atoms with E-state index in [1.54, 1.807) is 16.7 Å². The van der Waals surface area contributed by atoms with Crippen molar-refractivity contribution in [3.8, 4) is 0 Å². The van der Waals surface area contributed by atoms with Crippen LogP contribution in [0, 0.1) is 5.41 Å². The summed E-state index contributed by atoms with van der Waals surface area (Å²) in [6, 6.07) is 6.93. The summed E-state index contributed by atoms with van der Waals surface area (Å²) in [4.78, 5) is 20.8. The van der Waals surface area contributed by atoms with E-state index in [9.17, 15) is 4.79 Å². The van der Waals surface area contributed by atoms with Crippen LogP contribution in [-0.2, 0) is 21.5 Å². The Kier molecular flexibility index (Phi) is 4.00. The second kappa shape index (κ2) is 6.08. The number of amides is 1. The lowest BCUT2D eigenvalue weighted by atomic mass is 9.61. The van der Waals surface area contributed by atoms with Gasteiger partial charge >= 0.3 is 0 Å². The number of ether oxygens (including phenoxy) is 1. The van der Waals surface area contributed by atoms with Crippen LogP contribution in [0.4, 0.5) is 0 Å². The molecule has 0 bridgehead atoms. The molecule has 0 N–H and O–H groups in total. The van der Waals surface area contributed by atoms with Gasteiger partial charge < -0.3 is 4.74 Å². The number of amidine groups is 1. The van der Waals surface area contributed by atoms with Gasteiger partial charge in [0.05, 0.1) is 6.10 Å². The molecule has 1 unspecified atom stereocenters. The molecule has 1 heterocycles. The normalized spacial score (nSPS) is 35.2.